The van der Waals surface area contributed by atoms with Gasteiger partial charge in [-0.25, -0.2) is 9.97 Å². The smallest absolute Gasteiger partial charge is 0.307 e. The van der Waals surface area contributed by atoms with Crippen molar-refractivity contribution in [3.63, 3.8) is 0 Å². The highest BCUT2D eigenvalue weighted by atomic mass is 19.4. The summed E-state index contributed by atoms with van der Waals surface area (Å²) in [4.78, 5) is 8.39. The molecule has 0 atom stereocenters. The standard InChI is InChI=1S/C15H20F3N3/c16-15(17,18)13-11-8-19-9-12(11)20-14(21-13)10-6-4-2-1-3-5-7-10/h10,19H,1-9H2. The molecule has 2 heterocycles. The fraction of sp³-hybridized carbons (Fsp3) is 0.733. The first kappa shape index (κ1) is 14.8. The maximum atomic E-state index is 13.2. The molecule has 0 amide bonds. The average Bonchev–Trinajstić information content (AvgIpc) is 2.83. The Morgan fingerprint density at radius 1 is 0.905 bits per heavy atom. The maximum Gasteiger partial charge on any atom is 0.433 e. The van der Waals surface area contributed by atoms with Crippen molar-refractivity contribution in [3.8, 4) is 0 Å². The molecule has 0 unspecified atom stereocenters. The lowest BCUT2D eigenvalue weighted by atomic mass is 9.90. The predicted molar refractivity (Wildman–Crippen MR) is 72.6 cm³/mol. The Morgan fingerprint density at radius 2 is 1.57 bits per heavy atom. The zero-order valence-electron chi connectivity index (χ0n) is 12.0. The topological polar surface area (TPSA) is 37.8 Å². The van der Waals surface area contributed by atoms with Crippen molar-refractivity contribution in [2.75, 3.05) is 0 Å². The van der Waals surface area contributed by atoms with E-state index < -0.39 is 11.9 Å². The van der Waals surface area contributed by atoms with Crippen LogP contribution in [0.15, 0.2) is 0 Å². The van der Waals surface area contributed by atoms with Crippen molar-refractivity contribution in [1.29, 1.82) is 0 Å². The molecule has 2 aliphatic rings. The summed E-state index contributed by atoms with van der Waals surface area (Å²) >= 11 is 0. The summed E-state index contributed by atoms with van der Waals surface area (Å²) in [6, 6.07) is 0. The Morgan fingerprint density at radius 3 is 2.24 bits per heavy atom. The number of hydrogen-bond acceptors (Lipinski definition) is 3. The van der Waals surface area contributed by atoms with Crippen LogP contribution in [0.3, 0.4) is 0 Å². The lowest BCUT2D eigenvalue weighted by Gasteiger charge is -2.20. The fourth-order valence-corrected chi connectivity index (χ4v) is 3.32. The second kappa shape index (κ2) is 5.91. The zero-order chi connectivity index (χ0) is 14.9. The van der Waals surface area contributed by atoms with E-state index in [1.165, 1.54) is 6.42 Å². The van der Waals surface area contributed by atoms with Gasteiger partial charge in [-0.2, -0.15) is 13.2 Å². The van der Waals surface area contributed by atoms with Gasteiger partial charge in [-0.15, -0.1) is 0 Å². The van der Waals surface area contributed by atoms with Crippen molar-refractivity contribution in [2.24, 2.45) is 0 Å². The molecular weight excluding hydrogens is 279 g/mol. The first-order valence-corrected chi connectivity index (χ1v) is 7.73. The molecule has 1 aliphatic heterocycles. The lowest BCUT2D eigenvalue weighted by Crippen LogP contribution is -2.18. The van der Waals surface area contributed by atoms with Gasteiger partial charge in [0.2, 0.25) is 0 Å². The largest absolute Gasteiger partial charge is 0.433 e. The van der Waals surface area contributed by atoms with E-state index in [1.54, 1.807) is 0 Å². The molecule has 0 radical (unpaired) electrons. The minimum absolute atomic E-state index is 0.0808. The van der Waals surface area contributed by atoms with E-state index in [2.05, 4.69) is 15.3 Å². The van der Waals surface area contributed by atoms with Crippen molar-refractivity contribution in [1.82, 2.24) is 15.3 Å². The second-order valence-corrected chi connectivity index (χ2v) is 6.00. The number of alkyl halides is 3. The SMILES string of the molecule is FC(F)(F)c1nc(C2CCCCCCC2)nc2c1CNC2. The van der Waals surface area contributed by atoms with Crippen LogP contribution in [-0.2, 0) is 19.3 Å². The molecule has 1 aliphatic carbocycles. The first-order chi connectivity index (χ1) is 10.1. The van der Waals surface area contributed by atoms with E-state index in [1.807, 2.05) is 0 Å². The minimum atomic E-state index is -4.39. The number of fused-ring (bicyclic) bond motifs is 1. The van der Waals surface area contributed by atoms with Gasteiger partial charge in [0.15, 0.2) is 5.69 Å². The van der Waals surface area contributed by atoms with Crippen LogP contribution in [-0.4, -0.2) is 9.97 Å². The number of hydrogen-bond donors (Lipinski definition) is 1. The molecule has 1 N–H and O–H groups in total. The van der Waals surface area contributed by atoms with Crippen molar-refractivity contribution >= 4 is 0 Å². The third-order valence-electron chi connectivity index (χ3n) is 4.44. The molecule has 116 valence electrons. The van der Waals surface area contributed by atoms with Gasteiger partial charge < -0.3 is 5.32 Å². The highest BCUT2D eigenvalue weighted by Crippen LogP contribution is 2.36. The van der Waals surface area contributed by atoms with Gasteiger partial charge in [-0.3, -0.25) is 0 Å². The highest BCUT2D eigenvalue weighted by molar-refractivity contribution is 5.31. The van der Waals surface area contributed by atoms with Gasteiger partial charge in [0, 0.05) is 24.6 Å². The molecule has 1 saturated carbocycles. The number of nitrogens with one attached hydrogen (secondary N) is 1. The predicted octanol–water partition coefficient (Wildman–Crippen LogP) is 3.93. The van der Waals surface area contributed by atoms with Gasteiger partial charge in [-0.1, -0.05) is 32.1 Å². The van der Waals surface area contributed by atoms with Crippen molar-refractivity contribution < 1.29 is 13.2 Å². The van der Waals surface area contributed by atoms with Crippen LogP contribution in [0, 0.1) is 0 Å². The quantitative estimate of drug-likeness (QED) is 0.854. The monoisotopic (exact) mass is 299 g/mol. The molecular formula is C15H20F3N3. The van der Waals surface area contributed by atoms with Crippen LogP contribution in [0.4, 0.5) is 13.2 Å². The van der Waals surface area contributed by atoms with Gasteiger partial charge >= 0.3 is 6.18 Å². The van der Waals surface area contributed by atoms with Crippen LogP contribution in [0.25, 0.3) is 0 Å². The minimum Gasteiger partial charge on any atom is -0.307 e. The molecule has 0 bridgehead atoms. The van der Waals surface area contributed by atoms with Crippen LogP contribution in [0.5, 0.6) is 0 Å². The zero-order valence-corrected chi connectivity index (χ0v) is 12.0. The van der Waals surface area contributed by atoms with E-state index in [-0.39, 0.29) is 18.0 Å². The first-order valence-electron chi connectivity index (χ1n) is 7.73. The Balaban J connectivity index is 1.95. The number of rotatable bonds is 1. The van der Waals surface area contributed by atoms with Gasteiger partial charge in [0.25, 0.3) is 0 Å². The average molecular weight is 299 g/mol. The second-order valence-electron chi connectivity index (χ2n) is 6.00. The molecule has 6 heteroatoms. The van der Waals surface area contributed by atoms with Gasteiger partial charge in [0.05, 0.1) is 5.69 Å². The number of halogens is 3. The molecule has 3 nitrogen and oxygen atoms in total. The van der Waals surface area contributed by atoms with Crippen molar-refractivity contribution in [3.05, 3.63) is 22.8 Å². The Hall–Kier alpha value is -1.17. The Bertz CT molecular complexity index is 506. The third kappa shape index (κ3) is 3.20. The van der Waals surface area contributed by atoms with Gasteiger partial charge in [-0.05, 0) is 12.8 Å². The molecule has 3 rings (SSSR count). The van der Waals surface area contributed by atoms with E-state index in [9.17, 15) is 13.2 Å². The lowest BCUT2D eigenvalue weighted by molar-refractivity contribution is -0.142. The summed E-state index contributed by atoms with van der Waals surface area (Å²) in [6.45, 7) is 0.635. The molecule has 0 spiro atoms. The van der Waals surface area contributed by atoms with Crippen LogP contribution < -0.4 is 5.32 Å². The van der Waals surface area contributed by atoms with E-state index in [0.717, 1.165) is 38.5 Å². The number of aromatic nitrogens is 2. The van der Waals surface area contributed by atoms with E-state index >= 15 is 0 Å². The van der Waals surface area contributed by atoms with Crippen LogP contribution in [0.1, 0.15) is 73.6 Å². The molecule has 0 aromatic carbocycles. The summed E-state index contributed by atoms with van der Waals surface area (Å²) in [7, 11) is 0. The summed E-state index contributed by atoms with van der Waals surface area (Å²) in [5.74, 6) is 0.490. The third-order valence-corrected chi connectivity index (χ3v) is 4.44. The fourth-order valence-electron chi connectivity index (χ4n) is 3.32. The Labute approximate surface area is 122 Å². The summed E-state index contributed by atoms with van der Waals surface area (Å²) in [5, 5.41) is 2.95. The van der Waals surface area contributed by atoms with Crippen LogP contribution >= 0.6 is 0 Å². The highest BCUT2D eigenvalue weighted by Gasteiger charge is 2.39. The summed E-state index contributed by atoms with van der Waals surface area (Å²) < 4.78 is 39.7. The molecule has 21 heavy (non-hydrogen) atoms. The summed E-state index contributed by atoms with van der Waals surface area (Å²) in [6.07, 6.45) is 3.09. The Kier molecular flexibility index (Phi) is 4.15. The van der Waals surface area contributed by atoms with Crippen LogP contribution in [0.2, 0.25) is 0 Å². The molecule has 1 fully saturated rings. The van der Waals surface area contributed by atoms with Gasteiger partial charge in [0.1, 0.15) is 5.82 Å². The normalized spacial score (nSPS) is 20.9. The van der Waals surface area contributed by atoms with E-state index in [4.69, 9.17) is 0 Å². The molecule has 1 aromatic rings. The summed E-state index contributed by atoms with van der Waals surface area (Å²) in [5.41, 5.74) is 0.0426. The van der Waals surface area contributed by atoms with E-state index in [0.29, 0.717) is 18.1 Å². The number of nitrogens with zero attached hydrogens (tertiary/aromatic N) is 2. The maximum absolute atomic E-state index is 13.2. The van der Waals surface area contributed by atoms with Crippen molar-refractivity contribution in [2.45, 2.75) is 70.1 Å². The molecule has 1 aromatic heterocycles. The molecule has 0 saturated heterocycles.